The van der Waals surface area contributed by atoms with Gasteiger partial charge in [0.15, 0.2) is 11.1 Å². The Bertz CT molecular complexity index is 351. The van der Waals surface area contributed by atoms with Crippen LogP contribution in [0, 0.1) is 0 Å². The molecule has 0 spiro atoms. The normalized spacial score (nSPS) is 12.2. The van der Waals surface area contributed by atoms with Crippen molar-refractivity contribution in [3.63, 3.8) is 0 Å². The summed E-state index contributed by atoms with van der Waals surface area (Å²) in [5.74, 6) is 1.60. The van der Waals surface area contributed by atoms with Crippen molar-refractivity contribution in [1.29, 1.82) is 0 Å². The van der Waals surface area contributed by atoms with Crippen LogP contribution in [0.5, 0.6) is 11.5 Å². The van der Waals surface area contributed by atoms with Crippen LogP contribution in [0.4, 0.5) is 0 Å². The molecule has 1 N–H and O–H groups in total. The van der Waals surface area contributed by atoms with Gasteiger partial charge in [0.2, 0.25) is 0 Å². The quantitative estimate of drug-likeness (QED) is 0.778. The Kier molecular flexibility index (Phi) is 4.58. The van der Waals surface area contributed by atoms with Crippen molar-refractivity contribution in [1.82, 2.24) is 0 Å². The molecule has 0 saturated heterocycles. The van der Waals surface area contributed by atoms with Crippen molar-refractivity contribution in [2.45, 2.75) is 6.42 Å². The van der Waals surface area contributed by atoms with E-state index in [1.54, 1.807) is 26.4 Å². The predicted octanol–water partition coefficient (Wildman–Crippen LogP) is 1.47. The maximum atomic E-state index is 10.5. The number of rotatable bonds is 5. The maximum Gasteiger partial charge on any atom is 0.153 e. The summed E-state index contributed by atoms with van der Waals surface area (Å²) >= 11 is -1.77. The van der Waals surface area contributed by atoms with Gasteiger partial charge in [-0.3, -0.25) is 0 Å². The Balaban J connectivity index is 2.82. The molecule has 0 radical (unpaired) electrons. The summed E-state index contributed by atoms with van der Waals surface area (Å²) in [5, 5.41) is 0. The molecule has 0 aromatic heterocycles. The lowest BCUT2D eigenvalue weighted by molar-refractivity contribution is 0.391. The molecule has 5 heteroatoms. The zero-order chi connectivity index (χ0) is 11.3. The van der Waals surface area contributed by atoms with Crippen molar-refractivity contribution < 1.29 is 18.2 Å². The molecule has 0 aliphatic carbocycles. The van der Waals surface area contributed by atoms with E-state index in [4.69, 9.17) is 14.0 Å². The first-order valence-corrected chi connectivity index (χ1v) is 5.73. The van der Waals surface area contributed by atoms with Gasteiger partial charge in [-0.2, -0.15) is 0 Å². The van der Waals surface area contributed by atoms with Crippen LogP contribution in [-0.4, -0.2) is 28.7 Å². The van der Waals surface area contributed by atoms with E-state index in [2.05, 4.69) is 0 Å². The highest BCUT2D eigenvalue weighted by atomic mass is 32.2. The van der Waals surface area contributed by atoms with Gasteiger partial charge >= 0.3 is 0 Å². The van der Waals surface area contributed by atoms with E-state index in [0.717, 1.165) is 5.56 Å². The van der Waals surface area contributed by atoms with Gasteiger partial charge in [0.25, 0.3) is 0 Å². The zero-order valence-electron chi connectivity index (χ0n) is 8.73. The van der Waals surface area contributed by atoms with Gasteiger partial charge in [-0.1, -0.05) is 6.07 Å². The second-order valence-electron chi connectivity index (χ2n) is 2.95. The fraction of sp³-hybridized carbons (Fsp3) is 0.400. The first-order valence-electron chi connectivity index (χ1n) is 4.45. The molecule has 0 aliphatic heterocycles. The lowest BCUT2D eigenvalue weighted by Crippen LogP contribution is -2.01. The fourth-order valence-electron chi connectivity index (χ4n) is 1.26. The van der Waals surface area contributed by atoms with Crippen LogP contribution in [0.25, 0.3) is 0 Å². The number of hydrogen-bond acceptors (Lipinski definition) is 3. The fourth-order valence-corrected chi connectivity index (χ4v) is 1.65. The van der Waals surface area contributed by atoms with E-state index in [-0.39, 0.29) is 5.75 Å². The van der Waals surface area contributed by atoms with Crippen LogP contribution in [0.1, 0.15) is 5.56 Å². The van der Waals surface area contributed by atoms with Gasteiger partial charge < -0.3 is 14.0 Å². The molecule has 0 bridgehead atoms. The van der Waals surface area contributed by atoms with Gasteiger partial charge in [0, 0.05) is 6.07 Å². The number of benzene rings is 1. The zero-order valence-corrected chi connectivity index (χ0v) is 9.54. The van der Waals surface area contributed by atoms with Gasteiger partial charge in [-0.25, -0.2) is 4.21 Å². The van der Waals surface area contributed by atoms with E-state index in [1.807, 2.05) is 6.07 Å². The number of methoxy groups -OCH3 is 2. The average molecular weight is 230 g/mol. The maximum absolute atomic E-state index is 10.5. The Labute approximate surface area is 91.5 Å². The summed E-state index contributed by atoms with van der Waals surface area (Å²) in [6.45, 7) is 0. The average Bonchev–Trinajstić information content (AvgIpc) is 2.25. The smallest absolute Gasteiger partial charge is 0.153 e. The minimum Gasteiger partial charge on any atom is -0.497 e. The predicted molar refractivity (Wildman–Crippen MR) is 58.9 cm³/mol. The Morgan fingerprint density at radius 1 is 1.33 bits per heavy atom. The van der Waals surface area contributed by atoms with Crippen LogP contribution < -0.4 is 9.47 Å². The van der Waals surface area contributed by atoms with Crippen molar-refractivity contribution in [3.8, 4) is 11.5 Å². The van der Waals surface area contributed by atoms with Gasteiger partial charge in [-0.05, 0) is 18.1 Å². The standard InChI is InChI=1S/C10H14O4S/c1-13-9-4-3-8(5-6-15(11)12)10(7-9)14-2/h3-4,7H,5-6H2,1-2H3,(H,11,12). The number of hydrogen-bond donors (Lipinski definition) is 1. The van der Waals surface area contributed by atoms with Gasteiger partial charge in [0.05, 0.1) is 20.0 Å². The largest absolute Gasteiger partial charge is 0.497 e. The lowest BCUT2D eigenvalue weighted by Gasteiger charge is -2.09. The SMILES string of the molecule is COc1ccc(CCS(=O)O)c(OC)c1. The van der Waals surface area contributed by atoms with Crippen LogP contribution in [0.15, 0.2) is 18.2 Å². The molecule has 0 saturated carbocycles. The summed E-state index contributed by atoms with van der Waals surface area (Å²) in [6.07, 6.45) is 0.510. The second kappa shape index (κ2) is 5.72. The van der Waals surface area contributed by atoms with Crippen LogP contribution in [-0.2, 0) is 17.5 Å². The minimum absolute atomic E-state index is 0.211. The summed E-state index contributed by atoms with van der Waals surface area (Å²) in [7, 11) is 3.14. The Morgan fingerprint density at radius 2 is 2.07 bits per heavy atom. The number of aryl methyl sites for hydroxylation is 1. The molecule has 1 rings (SSSR count). The van der Waals surface area contributed by atoms with E-state index in [9.17, 15) is 4.21 Å². The van der Waals surface area contributed by atoms with Crippen molar-refractivity contribution in [3.05, 3.63) is 23.8 Å². The molecular formula is C10H14O4S. The minimum atomic E-state index is -1.77. The van der Waals surface area contributed by atoms with Crippen molar-refractivity contribution >= 4 is 11.1 Å². The first kappa shape index (κ1) is 12.0. The third-order valence-electron chi connectivity index (χ3n) is 2.04. The Hall–Kier alpha value is -1.07. The molecule has 1 aromatic carbocycles. The van der Waals surface area contributed by atoms with E-state index in [1.165, 1.54) is 0 Å². The van der Waals surface area contributed by atoms with E-state index in [0.29, 0.717) is 17.9 Å². The molecule has 15 heavy (non-hydrogen) atoms. The third kappa shape index (κ3) is 3.53. The molecule has 84 valence electrons. The number of ether oxygens (including phenoxy) is 2. The van der Waals surface area contributed by atoms with Crippen molar-refractivity contribution in [2.24, 2.45) is 0 Å². The summed E-state index contributed by atoms with van der Waals surface area (Å²) in [4.78, 5) is 0. The van der Waals surface area contributed by atoms with Crippen LogP contribution in [0.3, 0.4) is 0 Å². The summed E-state index contributed by atoms with van der Waals surface area (Å²) < 4.78 is 29.4. The van der Waals surface area contributed by atoms with Crippen molar-refractivity contribution in [2.75, 3.05) is 20.0 Å². The van der Waals surface area contributed by atoms with E-state index < -0.39 is 11.1 Å². The molecule has 0 fully saturated rings. The van der Waals surface area contributed by atoms with Crippen LogP contribution >= 0.6 is 0 Å². The molecule has 0 heterocycles. The molecule has 4 nitrogen and oxygen atoms in total. The third-order valence-corrected chi connectivity index (χ3v) is 2.59. The molecule has 1 unspecified atom stereocenters. The second-order valence-corrected chi connectivity index (χ2v) is 4.00. The topological polar surface area (TPSA) is 55.8 Å². The highest BCUT2D eigenvalue weighted by Crippen LogP contribution is 2.24. The van der Waals surface area contributed by atoms with Crippen LogP contribution in [0.2, 0.25) is 0 Å². The molecule has 1 atom stereocenters. The highest BCUT2D eigenvalue weighted by Gasteiger charge is 2.05. The Morgan fingerprint density at radius 3 is 2.60 bits per heavy atom. The van der Waals surface area contributed by atoms with Gasteiger partial charge in [-0.15, -0.1) is 0 Å². The highest BCUT2D eigenvalue weighted by molar-refractivity contribution is 7.79. The first-order chi connectivity index (χ1) is 7.17. The molecule has 1 aromatic rings. The molecular weight excluding hydrogens is 216 g/mol. The molecule has 0 aliphatic rings. The summed E-state index contributed by atoms with van der Waals surface area (Å²) in [6, 6.07) is 5.40. The monoisotopic (exact) mass is 230 g/mol. The lowest BCUT2D eigenvalue weighted by atomic mass is 10.1. The molecule has 0 amide bonds. The van der Waals surface area contributed by atoms with Gasteiger partial charge in [0.1, 0.15) is 11.5 Å². The van der Waals surface area contributed by atoms with E-state index >= 15 is 0 Å². The summed E-state index contributed by atoms with van der Waals surface area (Å²) in [5.41, 5.74) is 0.903.